The third-order valence-electron chi connectivity index (χ3n) is 2.56. The van der Waals surface area contributed by atoms with E-state index >= 15 is 0 Å². The van der Waals surface area contributed by atoms with E-state index in [-0.39, 0.29) is 5.56 Å². The summed E-state index contributed by atoms with van der Waals surface area (Å²) in [6.07, 6.45) is -2.44. The molecule has 1 saturated carbocycles. The maximum absolute atomic E-state index is 12.6. The van der Waals surface area contributed by atoms with Crippen molar-refractivity contribution in [1.29, 1.82) is 5.41 Å². The Labute approximate surface area is 96.3 Å². The van der Waals surface area contributed by atoms with Crippen molar-refractivity contribution in [2.45, 2.75) is 25.1 Å². The van der Waals surface area contributed by atoms with Gasteiger partial charge in [-0.3, -0.25) is 5.41 Å². The normalized spacial score (nSPS) is 15.7. The van der Waals surface area contributed by atoms with Gasteiger partial charge in [0.05, 0.1) is 5.56 Å². The van der Waals surface area contributed by atoms with E-state index in [1.165, 1.54) is 12.1 Å². The van der Waals surface area contributed by atoms with Crippen LogP contribution in [0.5, 0.6) is 0 Å². The molecule has 1 fully saturated rings. The van der Waals surface area contributed by atoms with Gasteiger partial charge in [0.1, 0.15) is 5.84 Å². The summed E-state index contributed by atoms with van der Waals surface area (Å²) < 4.78 is 37.9. The van der Waals surface area contributed by atoms with Crippen molar-refractivity contribution in [3.8, 4) is 0 Å². The van der Waals surface area contributed by atoms with E-state index in [2.05, 4.69) is 5.32 Å². The van der Waals surface area contributed by atoms with E-state index in [4.69, 9.17) is 11.1 Å². The first-order chi connectivity index (χ1) is 7.88. The van der Waals surface area contributed by atoms with Crippen molar-refractivity contribution in [1.82, 2.24) is 0 Å². The molecule has 0 unspecified atom stereocenters. The molecule has 92 valence electrons. The first-order valence-electron chi connectivity index (χ1n) is 5.20. The number of halogens is 3. The second-order valence-corrected chi connectivity index (χ2v) is 4.09. The van der Waals surface area contributed by atoms with Crippen LogP contribution in [0.15, 0.2) is 18.2 Å². The summed E-state index contributed by atoms with van der Waals surface area (Å²) >= 11 is 0. The van der Waals surface area contributed by atoms with E-state index in [1.807, 2.05) is 0 Å². The Bertz CT molecular complexity index is 450. The zero-order valence-electron chi connectivity index (χ0n) is 8.93. The highest BCUT2D eigenvalue weighted by Crippen LogP contribution is 2.34. The van der Waals surface area contributed by atoms with Gasteiger partial charge in [0.25, 0.3) is 0 Å². The Balaban J connectivity index is 2.36. The lowest BCUT2D eigenvalue weighted by Gasteiger charge is -2.14. The van der Waals surface area contributed by atoms with Crippen LogP contribution in [0.2, 0.25) is 0 Å². The summed E-state index contributed by atoms with van der Waals surface area (Å²) in [5.74, 6) is -0.572. The highest BCUT2D eigenvalue weighted by molar-refractivity contribution is 5.97. The summed E-state index contributed by atoms with van der Waals surface area (Å²) in [5, 5.41) is 10.3. The lowest BCUT2D eigenvalue weighted by Crippen LogP contribution is -2.19. The minimum Gasteiger partial charge on any atom is -0.384 e. The molecule has 0 aromatic heterocycles. The molecular formula is C11H12F3N3. The van der Waals surface area contributed by atoms with Crippen molar-refractivity contribution in [3.05, 3.63) is 29.3 Å². The monoisotopic (exact) mass is 243 g/mol. The molecule has 1 aliphatic carbocycles. The Hall–Kier alpha value is -1.72. The molecule has 0 heterocycles. The lowest BCUT2D eigenvalue weighted by molar-refractivity contribution is -0.137. The molecule has 3 nitrogen and oxygen atoms in total. The van der Waals surface area contributed by atoms with Gasteiger partial charge in [0.2, 0.25) is 0 Å². The fourth-order valence-electron chi connectivity index (χ4n) is 1.57. The number of nitrogens with one attached hydrogen (secondary N) is 2. The quantitative estimate of drug-likeness (QED) is 0.564. The number of anilines is 1. The van der Waals surface area contributed by atoms with Gasteiger partial charge in [-0.25, -0.2) is 0 Å². The van der Waals surface area contributed by atoms with Gasteiger partial charge in [-0.15, -0.1) is 0 Å². The number of hydrogen-bond donors (Lipinski definition) is 3. The number of rotatable bonds is 3. The van der Waals surface area contributed by atoms with Crippen LogP contribution >= 0.6 is 0 Å². The molecule has 0 aliphatic heterocycles. The van der Waals surface area contributed by atoms with Gasteiger partial charge in [-0.2, -0.15) is 13.2 Å². The van der Waals surface area contributed by atoms with Crippen molar-refractivity contribution in [3.63, 3.8) is 0 Å². The van der Waals surface area contributed by atoms with E-state index < -0.39 is 17.6 Å². The van der Waals surface area contributed by atoms with Crippen LogP contribution in [0, 0.1) is 5.41 Å². The van der Waals surface area contributed by atoms with Gasteiger partial charge >= 0.3 is 6.18 Å². The highest BCUT2D eigenvalue weighted by Gasteiger charge is 2.34. The Kier molecular flexibility index (Phi) is 2.73. The summed E-state index contributed by atoms with van der Waals surface area (Å²) in [6.45, 7) is 0. The van der Waals surface area contributed by atoms with E-state index in [0.29, 0.717) is 11.7 Å². The molecule has 1 aromatic carbocycles. The fourth-order valence-corrected chi connectivity index (χ4v) is 1.57. The molecular weight excluding hydrogens is 231 g/mol. The zero-order valence-corrected chi connectivity index (χ0v) is 8.93. The molecule has 0 bridgehead atoms. The molecule has 4 N–H and O–H groups in total. The molecule has 1 aliphatic rings. The van der Waals surface area contributed by atoms with Crippen LogP contribution in [0.25, 0.3) is 0 Å². The third kappa shape index (κ3) is 2.69. The highest BCUT2D eigenvalue weighted by atomic mass is 19.4. The molecule has 17 heavy (non-hydrogen) atoms. The molecule has 0 saturated heterocycles. The molecule has 0 amide bonds. The average molecular weight is 243 g/mol. The number of nitrogens with two attached hydrogens (primary N) is 1. The largest absolute Gasteiger partial charge is 0.417 e. The van der Waals surface area contributed by atoms with Gasteiger partial charge in [0.15, 0.2) is 0 Å². The van der Waals surface area contributed by atoms with E-state index in [1.54, 1.807) is 0 Å². The summed E-state index contributed by atoms with van der Waals surface area (Å²) in [4.78, 5) is 0. The number of nitrogen functional groups attached to an aromatic ring is 1. The minimum absolute atomic E-state index is 0.275. The van der Waals surface area contributed by atoms with Gasteiger partial charge in [-0.1, -0.05) is 0 Å². The molecule has 2 rings (SSSR count). The van der Waals surface area contributed by atoms with Gasteiger partial charge in [0, 0.05) is 17.3 Å². The predicted molar refractivity (Wildman–Crippen MR) is 59.1 cm³/mol. The van der Waals surface area contributed by atoms with Crippen LogP contribution in [0.4, 0.5) is 18.9 Å². The van der Waals surface area contributed by atoms with Gasteiger partial charge in [-0.05, 0) is 31.0 Å². The molecule has 1 aromatic rings. The number of alkyl halides is 3. The summed E-state index contributed by atoms with van der Waals surface area (Å²) in [5.41, 5.74) is 4.61. The van der Waals surface area contributed by atoms with Crippen molar-refractivity contribution in [2.75, 3.05) is 5.32 Å². The van der Waals surface area contributed by atoms with Crippen molar-refractivity contribution >= 4 is 11.5 Å². The standard InChI is InChI=1S/C11H12F3N3/c12-11(13,14)9-4-3-7(17-6-1-2-6)5-8(9)10(15)16/h3-6,17H,1-2H2,(H3,15,16). The second-order valence-electron chi connectivity index (χ2n) is 4.09. The molecule has 0 radical (unpaired) electrons. The van der Waals surface area contributed by atoms with Crippen LogP contribution in [0.1, 0.15) is 24.0 Å². The Morgan fingerprint density at radius 3 is 2.47 bits per heavy atom. The third-order valence-corrected chi connectivity index (χ3v) is 2.56. The minimum atomic E-state index is -4.49. The van der Waals surface area contributed by atoms with Crippen LogP contribution in [-0.4, -0.2) is 11.9 Å². The summed E-state index contributed by atoms with van der Waals surface area (Å²) in [6, 6.07) is 3.95. The van der Waals surface area contributed by atoms with Crippen LogP contribution in [0.3, 0.4) is 0 Å². The molecule has 0 atom stereocenters. The van der Waals surface area contributed by atoms with Gasteiger partial charge < -0.3 is 11.1 Å². The SMILES string of the molecule is N=C(N)c1cc(NC2CC2)ccc1C(F)(F)F. The van der Waals surface area contributed by atoms with E-state index in [9.17, 15) is 13.2 Å². The summed E-state index contributed by atoms with van der Waals surface area (Å²) in [7, 11) is 0. The smallest absolute Gasteiger partial charge is 0.384 e. The molecule has 6 heteroatoms. The van der Waals surface area contributed by atoms with Crippen molar-refractivity contribution < 1.29 is 13.2 Å². The Morgan fingerprint density at radius 1 is 1.35 bits per heavy atom. The fraction of sp³-hybridized carbons (Fsp3) is 0.364. The maximum Gasteiger partial charge on any atom is 0.417 e. The molecule has 0 spiro atoms. The first kappa shape index (κ1) is 11.8. The lowest BCUT2D eigenvalue weighted by atomic mass is 10.1. The first-order valence-corrected chi connectivity index (χ1v) is 5.20. The predicted octanol–water partition coefficient (Wildman–Crippen LogP) is 2.56. The maximum atomic E-state index is 12.6. The zero-order chi connectivity index (χ0) is 12.6. The Morgan fingerprint density at radius 2 is 2.00 bits per heavy atom. The second kappa shape index (κ2) is 3.94. The van der Waals surface area contributed by atoms with E-state index in [0.717, 1.165) is 18.9 Å². The number of amidine groups is 1. The van der Waals surface area contributed by atoms with Crippen LogP contribution in [-0.2, 0) is 6.18 Å². The topological polar surface area (TPSA) is 61.9 Å². The number of benzene rings is 1. The van der Waals surface area contributed by atoms with Crippen LogP contribution < -0.4 is 11.1 Å². The number of hydrogen-bond acceptors (Lipinski definition) is 2. The average Bonchev–Trinajstić information content (AvgIpc) is 2.99. The van der Waals surface area contributed by atoms with Crippen molar-refractivity contribution in [2.24, 2.45) is 5.73 Å².